The Bertz CT molecular complexity index is 729. The van der Waals surface area contributed by atoms with Crippen LogP contribution < -0.4 is 0 Å². The molecule has 1 aromatic heterocycles. The summed E-state index contributed by atoms with van der Waals surface area (Å²) in [6.45, 7) is 7.07. The predicted molar refractivity (Wildman–Crippen MR) is 88.8 cm³/mol. The molecule has 6 heteroatoms. The van der Waals surface area contributed by atoms with Gasteiger partial charge in [0.2, 0.25) is 0 Å². The quantitative estimate of drug-likeness (QED) is 0.633. The van der Waals surface area contributed by atoms with Crippen LogP contribution in [-0.2, 0) is 21.9 Å². The van der Waals surface area contributed by atoms with Crippen molar-refractivity contribution in [2.75, 3.05) is 6.61 Å². The number of rotatable bonds is 4. The molecule has 23 heavy (non-hydrogen) atoms. The lowest BCUT2D eigenvalue weighted by Crippen LogP contribution is -2.31. The molecule has 5 nitrogen and oxygen atoms in total. The second-order valence-electron chi connectivity index (χ2n) is 6.76. The number of halogens is 1. The predicted octanol–water partition coefficient (Wildman–Crippen LogP) is 3.52. The average molecular weight is 337 g/mol. The van der Waals surface area contributed by atoms with E-state index >= 15 is 0 Å². The number of fused-ring (bicyclic) bond motifs is 1. The maximum Gasteiger partial charge on any atom is 0.338 e. The van der Waals surface area contributed by atoms with E-state index in [2.05, 4.69) is 4.98 Å². The first-order chi connectivity index (χ1) is 10.9. The summed E-state index contributed by atoms with van der Waals surface area (Å²) in [5, 5.41) is 0. The summed E-state index contributed by atoms with van der Waals surface area (Å²) in [5.74, 6) is 0.779. The van der Waals surface area contributed by atoms with Gasteiger partial charge in [0.05, 0.1) is 35.1 Å². The molecule has 0 unspecified atom stereocenters. The number of imidazole rings is 1. The summed E-state index contributed by atoms with van der Waals surface area (Å²) in [7, 11) is 0. The van der Waals surface area contributed by atoms with Gasteiger partial charge in [-0.15, -0.1) is 11.6 Å². The lowest BCUT2D eigenvalue weighted by atomic mass is 10.1. The van der Waals surface area contributed by atoms with Gasteiger partial charge < -0.3 is 14.0 Å². The van der Waals surface area contributed by atoms with Gasteiger partial charge in [-0.05, 0) is 45.4 Å². The van der Waals surface area contributed by atoms with E-state index < -0.39 is 5.60 Å². The van der Waals surface area contributed by atoms with Gasteiger partial charge in [0, 0.05) is 6.61 Å². The lowest BCUT2D eigenvalue weighted by molar-refractivity contribution is -0.0589. The third-order valence-corrected chi connectivity index (χ3v) is 4.00. The highest BCUT2D eigenvalue weighted by Gasteiger charge is 2.23. The summed E-state index contributed by atoms with van der Waals surface area (Å²) in [5.41, 5.74) is 1.71. The van der Waals surface area contributed by atoms with Crippen molar-refractivity contribution >= 4 is 28.6 Å². The van der Waals surface area contributed by atoms with Crippen molar-refractivity contribution in [1.82, 2.24) is 9.55 Å². The number of ether oxygens (including phenoxy) is 2. The van der Waals surface area contributed by atoms with Crippen molar-refractivity contribution in [2.24, 2.45) is 0 Å². The number of benzene rings is 1. The van der Waals surface area contributed by atoms with Gasteiger partial charge in [-0.2, -0.15) is 0 Å². The van der Waals surface area contributed by atoms with E-state index in [1.165, 1.54) is 0 Å². The smallest absolute Gasteiger partial charge is 0.338 e. The molecule has 2 heterocycles. The third-order valence-electron chi connectivity index (χ3n) is 3.76. The molecular weight excluding hydrogens is 316 g/mol. The van der Waals surface area contributed by atoms with E-state index in [4.69, 9.17) is 21.1 Å². The molecule has 2 aromatic rings. The highest BCUT2D eigenvalue weighted by atomic mass is 35.5. The van der Waals surface area contributed by atoms with Gasteiger partial charge in [0.15, 0.2) is 0 Å². The fourth-order valence-corrected chi connectivity index (χ4v) is 2.78. The van der Waals surface area contributed by atoms with Crippen LogP contribution in [0.1, 0.15) is 43.4 Å². The van der Waals surface area contributed by atoms with E-state index in [-0.39, 0.29) is 12.1 Å². The number of aromatic nitrogens is 2. The Balaban J connectivity index is 1.96. The molecule has 1 aliphatic rings. The highest BCUT2D eigenvalue weighted by Crippen LogP contribution is 2.24. The number of esters is 1. The molecule has 1 saturated heterocycles. The maximum absolute atomic E-state index is 12.3. The second-order valence-corrected chi connectivity index (χ2v) is 7.03. The molecule has 0 aliphatic carbocycles. The molecule has 1 aliphatic heterocycles. The van der Waals surface area contributed by atoms with Crippen LogP contribution in [0.3, 0.4) is 0 Å². The third kappa shape index (κ3) is 3.51. The summed E-state index contributed by atoms with van der Waals surface area (Å²) in [4.78, 5) is 16.8. The lowest BCUT2D eigenvalue weighted by Gasteiger charge is -2.27. The fourth-order valence-electron chi connectivity index (χ4n) is 2.57. The molecule has 0 amide bonds. The number of alkyl halides is 1. The minimum atomic E-state index is -0.520. The Kier molecular flexibility index (Phi) is 4.34. The monoisotopic (exact) mass is 336 g/mol. The maximum atomic E-state index is 12.3. The van der Waals surface area contributed by atoms with Crippen LogP contribution in [0.5, 0.6) is 0 Å². The van der Waals surface area contributed by atoms with Crippen molar-refractivity contribution < 1.29 is 14.3 Å². The second kappa shape index (κ2) is 6.13. The van der Waals surface area contributed by atoms with Crippen LogP contribution in [0.15, 0.2) is 18.2 Å². The zero-order valence-electron chi connectivity index (χ0n) is 13.6. The number of hydrogen-bond donors (Lipinski definition) is 0. The standard InChI is InChI=1S/C17H21ClN2O3/c1-17(2,3)23-16(21)11-4-5-13-14(8-11)20(15(9-18)19-13)10-12-6-7-22-12/h4-5,8,12H,6-7,9-10H2,1-3H3/t12-/m0/s1. The van der Waals surface area contributed by atoms with Crippen LogP contribution in [-0.4, -0.2) is 33.8 Å². The summed E-state index contributed by atoms with van der Waals surface area (Å²) in [6.07, 6.45) is 1.23. The normalized spacial score (nSPS) is 18.0. The summed E-state index contributed by atoms with van der Waals surface area (Å²) < 4.78 is 13.0. The summed E-state index contributed by atoms with van der Waals surface area (Å²) in [6, 6.07) is 5.40. The Hall–Kier alpha value is -1.59. The van der Waals surface area contributed by atoms with Crippen LogP contribution >= 0.6 is 11.6 Å². The van der Waals surface area contributed by atoms with E-state index in [9.17, 15) is 4.79 Å². The van der Waals surface area contributed by atoms with Crippen molar-refractivity contribution in [3.05, 3.63) is 29.6 Å². The van der Waals surface area contributed by atoms with E-state index in [0.29, 0.717) is 18.0 Å². The first-order valence-corrected chi connectivity index (χ1v) is 8.31. The van der Waals surface area contributed by atoms with Crippen LogP contribution in [0.25, 0.3) is 11.0 Å². The van der Waals surface area contributed by atoms with Gasteiger partial charge in [0.25, 0.3) is 0 Å². The fraction of sp³-hybridized carbons (Fsp3) is 0.529. The van der Waals surface area contributed by atoms with E-state index in [0.717, 1.165) is 29.9 Å². The van der Waals surface area contributed by atoms with Crippen LogP contribution in [0.4, 0.5) is 0 Å². The molecule has 3 rings (SSSR count). The van der Waals surface area contributed by atoms with Crippen molar-refractivity contribution in [1.29, 1.82) is 0 Å². The molecule has 1 fully saturated rings. The topological polar surface area (TPSA) is 53.3 Å². The SMILES string of the molecule is CC(C)(C)OC(=O)c1ccc2nc(CCl)n(C[C@@H]3CCO3)c2c1. The molecule has 1 atom stereocenters. The molecule has 0 radical (unpaired) electrons. The minimum Gasteiger partial charge on any atom is -0.456 e. The van der Waals surface area contributed by atoms with E-state index in [1.807, 2.05) is 37.5 Å². The Morgan fingerprint density at radius 3 is 2.78 bits per heavy atom. The van der Waals surface area contributed by atoms with Crippen LogP contribution in [0, 0.1) is 0 Å². The van der Waals surface area contributed by atoms with E-state index in [1.54, 1.807) is 6.07 Å². The van der Waals surface area contributed by atoms with Gasteiger partial charge in [-0.1, -0.05) is 0 Å². The molecule has 0 saturated carbocycles. The first-order valence-electron chi connectivity index (χ1n) is 7.77. The van der Waals surface area contributed by atoms with Gasteiger partial charge in [0.1, 0.15) is 11.4 Å². The molecule has 0 bridgehead atoms. The zero-order chi connectivity index (χ0) is 16.6. The first kappa shape index (κ1) is 16.3. The largest absolute Gasteiger partial charge is 0.456 e. The number of nitrogens with zero attached hydrogens (tertiary/aromatic N) is 2. The zero-order valence-corrected chi connectivity index (χ0v) is 14.4. The molecule has 0 spiro atoms. The van der Waals surface area contributed by atoms with Crippen LogP contribution in [0.2, 0.25) is 0 Å². The highest BCUT2D eigenvalue weighted by molar-refractivity contribution is 6.16. The molecular formula is C17H21ClN2O3. The van der Waals surface area contributed by atoms with Gasteiger partial charge in [-0.3, -0.25) is 0 Å². The minimum absolute atomic E-state index is 0.194. The van der Waals surface area contributed by atoms with Crippen molar-refractivity contribution in [3.8, 4) is 0 Å². The van der Waals surface area contributed by atoms with Crippen molar-refractivity contribution in [3.63, 3.8) is 0 Å². The Morgan fingerprint density at radius 1 is 1.48 bits per heavy atom. The van der Waals surface area contributed by atoms with Gasteiger partial charge in [-0.25, -0.2) is 9.78 Å². The van der Waals surface area contributed by atoms with Crippen molar-refractivity contribution in [2.45, 2.75) is 51.3 Å². The molecule has 1 aromatic carbocycles. The average Bonchev–Trinajstić information content (AvgIpc) is 2.77. The van der Waals surface area contributed by atoms with Gasteiger partial charge >= 0.3 is 5.97 Å². The Morgan fingerprint density at radius 2 is 2.22 bits per heavy atom. The number of hydrogen-bond acceptors (Lipinski definition) is 4. The summed E-state index contributed by atoms with van der Waals surface area (Å²) >= 11 is 6.02. The molecule has 0 N–H and O–H groups in total. The molecule has 124 valence electrons. The Labute approximate surface area is 140 Å². The number of carbonyl (C=O) groups is 1. The number of carbonyl (C=O) groups excluding carboxylic acids is 1.